The maximum atomic E-state index is 11.1. The Morgan fingerprint density at radius 1 is 1.62 bits per heavy atom. The fourth-order valence-corrected chi connectivity index (χ4v) is 1.16. The SMILES string of the molecule is CC1NC(=O)C(CC(=O)O)NC1O. The predicted octanol–water partition coefficient (Wildman–Crippen LogP) is -1.74. The third kappa shape index (κ3) is 2.40. The number of hydrogen-bond donors (Lipinski definition) is 4. The second kappa shape index (κ2) is 3.71. The Kier molecular flexibility index (Phi) is 2.84. The van der Waals surface area contributed by atoms with Gasteiger partial charge in [0.25, 0.3) is 0 Å². The fourth-order valence-electron chi connectivity index (χ4n) is 1.16. The highest BCUT2D eigenvalue weighted by Gasteiger charge is 2.32. The van der Waals surface area contributed by atoms with E-state index in [0.29, 0.717) is 0 Å². The number of carbonyl (C=O) groups is 2. The number of nitrogens with one attached hydrogen (secondary N) is 2. The summed E-state index contributed by atoms with van der Waals surface area (Å²) < 4.78 is 0. The van der Waals surface area contributed by atoms with Crippen LogP contribution in [0.1, 0.15) is 13.3 Å². The Morgan fingerprint density at radius 2 is 2.23 bits per heavy atom. The number of aliphatic carboxylic acids is 1. The van der Waals surface area contributed by atoms with Gasteiger partial charge in [-0.15, -0.1) is 0 Å². The summed E-state index contributed by atoms with van der Waals surface area (Å²) >= 11 is 0. The molecule has 3 unspecified atom stereocenters. The van der Waals surface area contributed by atoms with Crippen molar-refractivity contribution in [1.29, 1.82) is 0 Å². The molecule has 0 spiro atoms. The minimum absolute atomic E-state index is 0.324. The Labute approximate surface area is 74.9 Å². The number of rotatable bonds is 2. The van der Waals surface area contributed by atoms with Gasteiger partial charge in [0.1, 0.15) is 6.23 Å². The molecule has 0 aromatic carbocycles. The largest absolute Gasteiger partial charge is 0.481 e. The van der Waals surface area contributed by atoms with E-state index in [1.165, 1.54) is 0 Å². The molecule has 1 fully saturated rings. The lowest BCUT2D eigenvalue weighted by molar-refractivity contribution is -0.142. The molecule has 1 amide bonds. The van der Waals surface area contributed by atoms with Crippen LogP contribution in [0.4, 0.5) is 0 Å². The molecule has 1 saturated heterocycles. The monoisotopic (exact) mass is 188 g/mol. The molecule has 0 radical (unpaired) electrons. The van der Waals surface area contributed by atoms with E-state index in [1.54, 1.807) is 6.92 Å². The molecule has 0 bridgehead atoms. The lowest BCUT2D eigenvalue weighted by atomic mass is 10.1. The summed E-state index contributed by atoms with van der Waals surface area (Å²) in [5.74, 6) is -1.46. The van der Waals surface area contributed by atoms with Crippen molar-refractivity contribution in [3.8, 4) is 0 Å². The average molecular weight is 188 g/mol. The van der Waals surface area contributed by atoms with Gasteiger partial charge in [0.15, 0.2) is 0 Å². The second-order valence-electron chi connectivity index (χ2n) is 3.06. The summed E-state index contributed by atoms with van der Waals surface area (Å²) in [5.41, 5.74) is 0. The van der Waals surface area contributed by atoms with Gasteiger partial charge in [0.2, 0.25) is 5.91 Å². The van der Waals surface area contributed by atoms with E-state index in [-0.39, 0.29) is 12.3 Å². The number of aliphatic hydroxyl groups is 1. The number of amides is 1. The first-order valence-corrected chi connectivity index (χ1v) is 3.97. The Balaban J connectivity index is 2.56. The summed E-state index contributed by atoms with van der Waals surface area (Å²) in [6, 6.07) is -1.23. The van der Waals surface area contributed by atoms with Crippen molar-refractivity contribution in [1.82, 2.24) is 10.6 Å². The van der Waals surface area contributed by atoms with Crippen molar-refractivity contribution >= 4 is 11.9 Å². The Hall–Kier alpha value is -1.14. The molecule has 13 heavy (non-hydrogen) atoms. The summed E-state index contributed by atoms with van der Waals surface area (Å²) in [4.78, 5) is 21.4. The van der Waals surface area contributed by atoms with Crippen LogP contribution in [0.15, 0.2) is 0 Å². The molecule has 0 aliphatic carbocycles. The van der Waals surface area contributed by atoms with Gasteiger partial charge in [-0.1, -0.05) is 0 Å². The summed E-state index contributed by atoms with van der Waals surface area (Å²) in [6.45, 7) is 1.63. The zero-order valence-corrected chi connectivity index (χ0v) is 7.15. The third-order valence-corrected chi connectivity index (χ3v) is 1.91. The molecule has 1 rings (SSSR count). The molecule has 1 aliphatic rings. The van der Waals surface area contributed by atoms with E-state index in [4.69, 9.17) is 5.11 Å². The van der Waals surface area contributed by atoms with Crippen molar-refractivity contribution in [2.24, 2.45) is 0 Å². The van der Waals surface area contributed by atoms with Crippen molar-refractivity contribution < 1.29 is 19.8 Å². The number of carboxylic acid groups (broad SMARTS) is 1. The highest BCUT2D eigenvalue weighted by atomic mass is 16.4. The highest BCUT2D eigenvalue weighted by molar-refractivity contribution is 5.87. The van der Waals surface area contributed by atoms with Gasteiger partial charge in [-0.2, -0.15) is 0 Å². The quantitative estimate of drug-likeness (QED) is 0.412. The zero-order valence-electron chi connectivity index (χ0n) is 7.15. The molecule has 0 aromatic rings. The number of carbonyl (C=O) groups excluding carboxylic acids is 1. The van der Waals surface area contributed by atoms with Crippen LogP contribution in [0.3, 0.4) is 0 Å². The first kappa shape index (κ1) is 9.94. The molecule has 0 aromatic heterocycles. The smallest absolute Gasteiger partial charge is 0.305 e. The van der Waals surface area contributed by atoms with E-state index in [1.807, 2.05) is 0 Å². The Bertz CT molecular complexity index is 231. The molecule has 1 heterocycles. The molecular formula is C7H12N2O4. The van der Waals surface area contributed by atoms with Gasteiger partial charge in [-0.3, -0.25) is 14.9 Å². The lowest BCUT2D eigenvalue weighted by Gasteiger charge is -2.31. The van der Waals surface area contributed by atoms with Gasteiger partial charge in [0.05, 0.1) is 18.5 Å². The van der Waals surface area contributed by atoms with Gasteiger partial charge < -0.3 is 15.5 Å². The van der Waals surface area contributed by atoms with Crippen LogP contribution in [0.5, 0.6) is 0 Å². The predicted molar refractivity (Wildman–Crippen MR) is 42.8 cm³/mol. The van der Waals surface area contributed by atoms with Crippen LogP contribution in [-0.4, -0.2) is 40.4 Å². The minimum atomic E-state index is -1.07. The van der Waals surface area contributed by atoms with Crippen LogP contribution in [0.2, 0.25) is 0 Å². The van der Waals surface area contributed by atoms with Crippen LogP contribution in [0.25, 0.3) is 0 Å². The van der Waals surface area contributed by atoms with Crippen molar-refractivity contribution in [3.63, 3.8) is 0 Å². The van der Waals surface area contributed by atoms with Crippen molar-refractivity contribution in [2.75, 3.05) is 0 Å². The van der Waals surface area contributed by atoms with Crippen LogP contribution in [0, 0.1) is 0 Å². The lowest BCUT2D eigenvalue weighted by Crippen LogP contribution is -2.63. The van der Waals surface area contributed by atoms with Crippen LogP contribution >= 0.6 is 0 Å². The minimum Gasteiger partial charge on any atom is -0.481 e. The maximum absolute atomic E-state index is 11.1. The second-order valence-corrected chi connectivity index (χ2v) is 3.06. The van der Waals surface area contributed by atoms with E-state index in [2.05, 4.69) is 10.6 Å². The van der Waals surface area contributed by atoms with Gasteiger partial charge >= 0.3 is 5.97 Å². The highest BCUT2D eigenvalue weighted by Crippen LogP contribution is 2.03. The standard InChI is InChI=1S/C7H12N2O4/c1-3-6(12)9-4(2-5(10)11)7(13)8-3/h3-4,6,9,12H,2H2,1H3,(H,8,13)(H,10,11). The normalized spacial score (nSPS) is 34.0. The first-order valence-electron chi connectivity index (χ1n) is 3.97. The zero-order chi connectivity index (χ0) is 10.0. The van der Waals surface area contributed by atoms with Crippen LogP contribution in [-0.2, 0) is 9.59 Å². The number of piperazine rings is 1. The van der Waals surface area contributed by atoms with Crippen LogP contribution < -0.4 is 10.6 Å². The number of aliphatic hydroxyl groups excluding tert-OH is 1. The molecule has 4 N–H and O–H groups in total. The molecule has 6 nitrogen and oxygen atoms in total. The van der Waals surface area contributed by atoms with Gasteiger partial charge in [-0.05, 0) is 6.92 Å². The fraction of sp³-hybridized carbons (Fsp3) is 0.714. The van der Waals surface area contributed by atoms with Crippen molar-refractivity contribution in [2.45, 2.75) is 31.7 Å². The summed E-state index contributed by atoms with van der Waals surface area (Å²) in [7, 11) is 0. The number of carboxylic acids is 1. The molecular weight excluding hydrogens is 176 g/mol. The van der Waals surface area contributed by atoms with Crippen molar-refractivity contribution in [3.05, 3.63) is 0 Å². The van der Waals surface area contributed by atoms with E-state index in [9.17, 15) is 14.7 Å². The third-order valence-electron chi connectivity index (χ3n) is 1.91. The molecule has 74 valence electrons. The first-order chi connectivity index (χ1) is 6.00. The Morgan fingerprint density at radius 3 is 2.77 bits per heavy atom. The van der Waals surface area contributed by atoms with E-state index in [0.717, 1.165) is 0 Å². The van der Waals surface area contributed by atoms with Gasteiger partial charge in [0, 0.05) is 0 Å². The van der Waals surface area contributed by atoms with E-state index >= 15 is 0 Å². The molecule has 1 aliphatic heterocycles. The summed E-state index contributed by atoms with van der Waals surface area (Å²) in [5, 5.41) is 22.7. The molecule has 0 saturated carbocycles. The van der Waals surface area contributed by atoms with Gasteiger partial charge in [-0.25, -0.2) is 0 Å². The number of hydrogen-bond acceptors (Lipinski definition) is 4. The maximum Gasteiger partial charge on any atom is 0.305 e. The molecule has 3 atom stereocenters. The summed E-state index contributed by atoms with van der Waals surface area (Å²) in [6.07, 6.45) is -1.21. The van der Waals surface area contributed by atoms with E-state index < -0.39 is 24.3 Å². The topological polar surface area (TPSA) is 98.7 Å². The molecule has 6 heteroatoms. The average Bonchev–Trinajstić information content (AvgIpc) is 1.99.